The van der Waals surface area contributed by atoms with Gasteiger partial charge in [0.25, 0.3) is 0 Å². The molecule has 0 aromatic carbocycles. The molecule has 1 atom stereocenters. The Morgan fingerprint density at radius 1 is 1.67 bits per heavy atom. The second-order valence-electron chi connectivity index (χ2n) is 3.85. The summed E-state index contributed by atoms with van der Waals surface area (Å²) >= 11 is 0. The summed E-state index contributed by atoms with van der Waals surface area (Å²) < 4.78 is 0. The summed E-state index contributed by atoms with van der Waals surface area (Å²) in [6, 6.07) is 0. The van der Waals surface area contributed by atoms with Crippen molar-refractivity contribution in [1.29, 1.82) is 0 Å². The summed E-state index contributed by atoms with van der Waals surface area (Å²) in [6.07, 6.45) is 2.87. The van der Waals surface area contributed by atoms with Crippen LogP contribution in [0.2, 0.25) is 0 Å². The minimum Gasteiger partial charge on any atom is -0.356 e. The molecular weight excluding hydrogens is 150 g/mol. The molecule has 0 amide bonds. The van der Waals surface area contributed by atoms with Gasteiger partial charge in [0.15, 0.2) is 5.96 Å². The van der Waals surface area contributed by atoms with E-state index in [1.54, 1.807) is 0 Å². The topological polar surface area (TPSA) is 36.4 Å². The largest absolute Gasteiger partial charge is 0.356 e. The molecule has 1 aliphatic heterocycles. The summed E-state index contributed by atoms with van der Waals surface area (Å²) in [5.74, 6) is 2.80. The van der Waals surface area contributed by atoms with Crippen LogP contribution >= 0.6 is 0 Å². The Morgan fingerprint density at radius 3 is 3.08 bits per heavy atom. The number of rotatable bonds is 3. The molecule has 3 heteroatoms. The number of nitrogens with zero attached hydrogens (tertiary/aromatic N) is 1. The standard InChI is InChI=1S/C9H17N3/c1-7(8-2-3-8)6-12-9-10-4-5-11-9/h7-8H,2-6H2,1H3,(H2,10,11,12). The lowest BCUT2D eigenvalue weighted by Crippen LogP contribution is -2.36. The van der Waals surface area contributed by atoms with Crippen LogP contribution in [0.25, 0.3) is 0 Å². The molecule has 0 radical (unpaired) electrons. The molecule has 0 saturated heterocycles. The first-order valence-corrected chi connectivity index (χ1v) is 4.88. The number of guanidine groups is 1. The third-order valence-corrected chi connectivity index (χ3v) is 2.69. The van der Waals surface area contributed by atoms with Crippen LogP contribution in [-0.2, 0) is 0 Å². The van der Waals surface area contributed by atoms with Crippen LogP contribution in [0.1, 0.15) is 19.8 Å². The van der Waals surface area contributed by atoms with Crippen molar-refractivity contribution in [2.45, 2.75) is 19.8 Å². The SMILES string of the molecule is CC(CNC1=NCCN1)C1CC1. The predicted octanol–water partition coefficient (Wildman–Crippen LogP) is 0.581. The molecule has 2 rings (SSSR count). The smallest absolute Gasteiger partial charge is 0.191 e. The van der Waals surface area contributed by atoms with E-state index in [-0.39, 0.29) is 0 Å². The number of aliphatic imine (C=N–C) groups is 1. The Hall–Kier alpha value is -0.730. The van der Waals surface area contributed by atoms with Crippen LogP contribution < -0.4 is 10.6 Å². The van der Waals surface area contributed by atoms with Crippen LogP contribution in [-0.4, -0.2) is 25.6 Å². The van der Waals surface area contributed by atoms with E-state index in [4.69, 9.17) is 0 Å². The fourth-order valence-electron chi connectivity index (χ4n) is 1.61. The Kier molecular flexibility index (Phi) is 2.19. The van der Waals surface area contributed by atoms with Crippen molar-refractivity contribution in [3.05, 3.63) is 0 Å². The van der Waals surface area contributed by atoms with Crippen LogP contribution in [0, 0.1) is 11.8 Å². The van der Waals surface area contributed by atoms with Crippen molar-refractivity contribution in [3.63, 3.8) is 0 Å². The lowest BCUT2D eigenvalue weighted by Gasteiger charge is -2.11. The van der Waals surface area contributed by atoms with E-state index in [2.05, 4.69) is 22.5 Å². The zero-order valence-electron chi connectivity index (χ0n) is 7.64. The van der Waals surface area contributed by atoms with Crippen molar-refractivity contribution >= 4 is 5.96 Å². The van der Waals surface area contributed by atoms with E-state index in [1.165, 1.54) is 12.8 Å². The predicted molar refractivity (Wildman–Crippen MR) is 50.2 cm³/mol. The molecule has 12 heavy (non-hydrogen) atoms. The average molecular weight is 167 g/mol. The van der Waals surface area contributed by atoms with Crippen molar-refractivity contribution in [1.82, 2.24) is 10.6 Å². The highest BCUT2D eigenvalue weighted by atomic mass is 15.2. The molecule has 0 bridgehead atoms. The fourth-order valence-corrected chi connectivity index (χ4v) is 1.61. The number of hydrogen-bond donors (Lipinski definition) is 2. The highest BCUT2D eigenvalue weighted by Crippen LogP contribution is 2.35. The first-order valence-electron chi connectivity index (χ1n) is 4.88. The Balaban J connectivity index is 1.66. The van der Waals surface area contributed by atoms with Crippen molar-refractivity contribution in [3.8, 4) is 0 Å². The Labute approximate surface area is 73.6 Å². The monoisotopic (exact) mass is 167 g/mol. The lowest BCUT2D eigenvalue weighted by molar-refractivity contribution is 0.497. The molecule has 1 aliphatic carbocycles. The van der Waals surface area contributed by atoms with Crippen molar-refractivity contribution in [2.75, 3.05) is 19.6 Å². The summed E-state index contributed by atoms with van der Waals surface area (Å²) in [4.78, 5) is 4.28. The van der Waals surface area contributed by atoms with E-state index in [1.807, 2.05) is 0 Å². The summed E-state index contributed by atoms with van der Waals surface area (Å²) in [7, 11) is 0. The van der Waals surface area contributed by atoms with E-state index in [9.17, 15) is 0 Å². The van der Waals surface area contributed by atoms with Gasteiger partial charge >= 0.3 is 0 Å². The second-order valence-corrected chi connectivity index (χ2v) is 3.85. The van der Waals surface area contributed by atoms with Gasteiger partial charge in [-0.3, -0.25) is 4.99 Å². The maximum atomic E-state index is 4.28. The molecule has 2 aliphatic rings. The van der Waals surface area contributed by atoms with Crippen LogP contribution in [0.15, 0.2) is 4.99 Å². The third-order valence-electron chi connectivity index (χ3n) is 2.69. The Morgan fingerprint density at radius 2 is 2.50 bits per heavy atom. The first kappa shape index (κ1) is 7.90. The van der Waals surface area contributed by atoms with Crippen molar-refractivity contribution < 1.29 is 0 Å². The van der Waals surface area contributed by atoms with Crippen LogP contribution in [0.4, 0.5) is 0 Å². The maximum Gasteiger partial charge on any atom is 0.191 e. The van der Waals surface area contributed by atoms with Gasteiger partial charge in [-0.15, -0.1) is 0 Å². The van der Waals surface area contributed by atoms with Gasteiger partial charge in [-0.05, 0) is 24.7 Å². The van der Waals surface area contributed by atoms with Gasteiger partial charge in [0.2, 0.25) is 0 Å². The van der Waals surface area contributed by atoms with Crippen molar-refractivity contribution in [2.24, 2.45) is 16.8 Å². The minimum absolute atomic E-state index is 0.815. The van der Waals surface area contributed by atoms with Gasteiger partial charge in [-0.2, -0.15) is 0 Å². The van der Waals surface area contributed by atoms with Gasteiger partial charge in [-0.25, -0.2) is 0 Å². The van der Waals surface area contributed by atoms with E-state index < -0.39 is 0 Å². The van der Waals surface area contributed by atoms with E-state index in [0.29, 0.717) is 0 Å². The molecule has 1 heterocycles. The molecule has 3 nitrogen and oxygen atoms in total. The zero-order valence-corrected chi connectivity index (χ0v) is 7.64. The third kappa shape index (κ3) is 1.90. The van der Waals surface area contributed by atoms with Gasteiger partial charge in [0.05, 0.1) is 6.54 Å². The first-order chi connectivity index (χ1) is 5.86. The molecule has 1 saturated carbocycles. The van der Waals surface area contributed by atoms with Crippen LogP contribution in [0.5, 0.6) is 0 Å². The van der Waals surface area contributed by atoms with E-state index in [0.717, 1.165) is 37.4 Å². The molecular formula is C9H17N3. The number of nitrogens with one attached hydrogen (secondary N) is 2. The normalized spacial score (nSPS) is 24.6. The molecule has 0 aromatic rings. The quantitative estimate of drug-likeness (QED) is 0.645. The van der Waals surface area contributed by atoms with Gasteiger partial charge in [0, 0.05) is 13.1 Å². The van der Waals surface area contributed by atoms with Gasteiger partial charge in [0.1, 0.15) is 0 Å². The van der Waals surface area contributed by atoms with Crippen LogP contribution in [0.3, 0.4) is 0 Å². The zero-order chi connectivity index (χ0) is 8.39. The summed E-state index contributed by atoms with van der Waals surface area (Å²) in [6.45, 7) is 5.33. The average Bonchev–Trinajstić information content (AvgIpc) is 2.80. The molecule has 1 fully saturated rings. The summed E-state index contributed by atoms with van der Waals surface area (Å²) in [5, 5.41) is 6.55. The highest BCUT2D eigenvalue weighted by molar-refractivity contribution is 5.81. The molecule has 2 N–H and O–H groups in total. The maximum absolute atomic E-state index is 4.28. The molecule has 0 aromatic heterocycles. The summed E-state index contributed by atoms with van der Waals surface area (Å²) in [5.41, 5.74) is 0. The number of hydrogen-bond acceptors (Lipinski definition) is 3. The molecule has 0 spiro atoms. The second kappa shape index (κ2) is 3.33. The fraction of sp³-hybridized carbons (Fsp3) is 0.889. The highest BCUT2D eigenvalue weighted by Gasteiger charge is 2.27. The molecule has 68 valence electrons. The molecule has 1 unspecified atom stereocenters. The van der Waals surface area contributed by atoms with E-state index >= 15 is 0 Å². The Bertz CT molecular complexity index is 184. The van der Waals surface area contributed by atoms with Gasteiger partial charge in [-0.1, -0.05) is 6.92 Å². The minimum atomic E-state index is 0.815. The lowest BCUT2D eigenvalue weighted by atomic mass is 10.1. The van der Waals surface area contributed by atoms with Gasteiger partial charge < -0.3 is 10.6 Å².